The van der Waals surface area contributed by atoms with E-state index in [1.54, 1.807) is 36.4 Å². The van der Waals surface area contributed by atoms with Crippen LogP contribution in [0.5, 0.6) is 0 Å². The highest BCUT2D eigenvalue weighted by Gasteiger charge is 2.38. The smallest absolute Gasteiger partial charge is 0.126 e. The van der Waals surface area contributed by atoms with E-state index < -0.39 is 40.3 Å². The van der Waals surface area contributed by atoms with E-state index >= 15 is 0 Å². The standard InChI is InChI=1S/C43H26F6/c44-37-18-30(19-38(45)24-37)27-6-12-34(13-7-27)43(33-4-2-1-3-5-33,35-14-8-28(9-15-35)31-20-39(46)25-40(47)21-31)36-16-10-29(11-17-36)32-22-41(48)26-42(49)23-32/h1-26H. The Hall–Kier alpha value is -5.88. The van der Waals surface area contributed by atoms with Crippen LogP contribution in [0.25, 0.3) is 33.4 Å². The molecule has 0 heterocycles. The van der Waals surface area contributed by atoms with Crippen molar-refractivity contribution >= 4 is 0 Å². The van der Waals surface area contributed by atoms with Crippen molar-refractivity contribution in [3.8, 4) is 33.4 Å². The van der Waals surface area contributed by atoms with Gasteiger partial charge in [-0.15, -0.1) is 0 Å². The molecule has 7 rings (SSSR count). The third-order valence-corrected chi connectivity index (χ3v) is 8.75. The van der Waals surface area contributed by atoms with Crippen LogP contribution in [-0.4, -0.2) is 0 Å². The normalized spacial score (nSPS) is 11.5. The van der Waals surface area contributed by atoms with E-state index in [-0.39, 0.29) is 0 Å². The maximum Gasteiger partial charge on any atom is 0.126 e. The Balaban J connectivity index is 1.44. The van der Waals surface area contributed by atoms with Crippen molar-refractivity contribution in [2.75, 3.05) is 0 Å². The van der Waals surface area contributed by atoms with Crippen LogP contribution < -0.4 is 0 Å². The molecule has 7 aromatic carbocycles. The SMILES string of the molecule is Fc1cc(F)cc(-c2ccc(C(c3ccccc3)(c3ccc(-c4cc(F)cc(F)c4)cc3)c3ccc(-c4cc(F)cc(F)c4)cc3)cc2)c1. The van der Waals surface area contributed by atoms with E-state index in [0.717, 1.165) is 40.5 Å². The second-order valence-corrected chi connectivity index (χ2v) is 11.8. The highest BCUT2D eigenvalue weighted by atomic mass is 19.2. The molecule has 0 fully saturated rings. The fraction of sp³-hybridized carbons (Fsp3) is 0.0233. The van der Waals surface area contributed by atoms with E-state index in [1.165, 1.54) is 36.4 Å². The average molecular weight is 657 g/mol. The largest absolute Gasteiger partial charge is 0.207 e. The molecule has 0 spiro atoms. The van der Waals surface area contributed by atoms with Gasteiger partial charge in [0.05, 0.1) is 5.41 Å². The van der Waals surface area contributed by atoms with Gasteiger partial charge in [0.15, 0.2) is 0 Å². The summed E-state index contributed by atoms with van der Waals surface area (Å²) in [5, 5.41) is 0. The predicted molar refractivity (Wildman–Crippen MR) is 181 cm³/mol. The van der Waals surface area contributed by atoms with Crippen molar-refractivity contribution in [2.24, 2.45) is 0 Å². The highest BCUT2D eigenvalue weighted by Crippen LogP contribution is 2.46. The number of hydrogen-bond acceptors (Lipinski definition) is 0. The summed E-state index contributed by atoms with van der Waals surface area (Å²) in [6, 6.07) is 42.0. The summed E-state index contributed by atoms with van der Waals surface area (Å²) in [6.07, 6.45) is 0. The lowest BCUT2D eigenvalue weighted by atomic mass is 9.64. The molecule has 0 bridgehead atoms. The molecule has 6 heteroatoms. The maximum absolute atomic E-state index is 14.1. The van der Waals surface area contributed by atoms with Crippen LogP contribution in [0.1, 0.15) is 22.3 Å². The summed E-state index contributed by atoms with van der Waals surface area (Å²) in [5.41, 5.74) is 5.31. The van der Waals surface area contributed by atoms with Gasteiger partial charge < -0.3 is 0 Å². The molecule has 0 amide bonds. The Morgan fingerprint density at radius 2 is 0.490 bits per heavy atom. The molecule has 0 aliphatic heterocycles. The van der Waals surface area contributed by atoms with Crippen LogP contribution in [0.4, 0.5) is 26.3 Å². The van der Waals surface area contributed by atoms with Gasteiger partial charge >= 0.3 is 0 Å². The second-order valence-electron chi connectivity index (χ2n) is 11.8. The molecule has 240 valence electrons. The third kappa shape index (κ3) is 6.25. The van der Waals surface area contributed by atoms with Gasteiger partial charge in [0.2, 0.25) is 0 Å². The molecular formula is C43H26F6. The summed E-state index contributed by atoms with van der Waals surface area (Å²) in [5.74, 6) is -4.12. The number of halogens is 6. The van der Waals surface area contributed by atoms with E-state index in [4.69, 9.17) is 0 Å². The lowest BCUT2D eigenvalue weighted by molar-refractivity contribution is 0.583. The lowest BCUT2D eigenvalue weighted by Crippen LogP contribution is -2.31. The average Bonchev–Trinajstić information content (AvgIpc) is 3.09. The minimum absolute atomic E-state index is 0.382. The van der Waals surface area contributed by atoms with Gasteiger partial charge in [0, 0.05) is 18.2 Å². The third-order valence-electron chi connectivity index (χ3n) is 8.75. The predicted octanol–water partition coefficient (Wildman–Crippen LogP) is 11.9. The molecule has 0 nitrogen and oxygen atoms in total. The zero-order chi connectivity index (χ0) is 34.1. The van der Waals surface area contributed by atoms with Crippen LogP contribution in [0, 0.1) is 34.9 Å². The first kappa shape index (κ1) is 31.7. The Bertz CT molecular complexity index is 1970. The minimum atomic E-state index is -0.982. The summed E-state index contributed by atoms with van der Waals surface area (Å²) in [7, 11) is 0. The van der Waals surface area contributed by atoms with E-state index in [1.807, 2.05) is 66.7 Å². The highest BCUT2D eigenvalue weighted by molar-refractivity contribution is 5.71. The molecule has 49 heavy (non-hydrogen) atoms. The van der Waals surface area contributed by atoms with Crippen LogP contribution in [0.2, 0.25) is 0 Å². The molecule has 0 aliphatic carbocycles. The van der Waals surface area contributed by atoms with Crippen molar-refractivity contribution in [1.29, 1.82) is 0 Å². The van der Waals surface area contributed by atoms with E-state index in [2.05, 4.69) is 0 Å². The number of rotatable bonds is 7. The maximum atomic E-state index is 14.1. The molecule has 0 unspecified atom stereocenters. The Kier molecular flexibility index (Phi) is 8.39. The van der Waals surface area contributed by atoms with E-state index in [9.17, 15) is 26.3 Å². The van der Waals surface area contributed by atoms with Crippen LogP contribution >= 0.6 is 0 Å². The molecule has 7 aromatic rings. The summed E-state index contributed by atoms with van der Waals surface area (Å²) in [6.45, 7) is 0. The van der Waals surface area contributed by atoms with Crippen molar-refractivity contribution in [3.05, 3.63) is 215 Å². The number of hydrogen-bond donors (Lipinski definition) is 0. The molecule has 0 aliphatic rings. The molecule has 0 saturated carbocycles. The Morgan fingerprint density at radius 3 is 0.755 bits per heavy atom. The van der Waals surface area contributed by atoms with Crippen LogP contribution in [0.3, 0.4) is 0 Å². The molecule has 0 N–H and O–H groups in total. The lowest BCUT2D eigenvalue weighted by Gasteiger charge is -2.37. The Labute approximate surface area is 279 Å². The zero-order valence-corrected chi connectivity index (χ0v) is 25.8. The number of benzene rings is 7. The van der Waals surface area contributed by atoms with E-state index in [0.29, 0.717) is 33.4 Å². The Morgan fingerprint density at radius 1 is 0.245 bits per heavy atom. The van der Waals surface area contributed by atoms with Gasteiger partial charge in [-0.1, -0.05) is 103 Å². The zero-order valence-electron chi connectivity index (χ0n) is 25.8. The fourth-order valence-electron chi connectivity index (χ4n) is 6.59. The van der Waals surface area contributed by atoms with Crippen molar-refractivity contribution in [3.63, 3.8) is 0 Å². The quantitative estimate of drug-likeness (QED) is 0.118. The van der Waals surface area contributed by atoms with Gasteiger partial charge in [-0.05, 0) is 92.0 Å². The molecule has 0 atom stereocenters. The molecule has 0 aromatic heterocycles. The van der Waals surface area contributed by atoms with Gasteiger partial charge in [-0.3, -0.25) is 0 Å². The second kappa shape index (κ2) is 13.0. The first-order valence-electron chi connectivity index (χ1n) is 15.5. The van der Waals surface area contributed by atoms with Crippen LogP contribution in [0.15, 0.2) is 158 Å². The van der Waals surface area contributed by atoms with Crippen molar-refractivity contribution in [1.82, 2.24) is 0 Å². The van der Waals surface area contributed by atoms with Gasteiger partial charge in [0.25, 0.3) is 0 Å². The van der Waals surface area contributed by atoms with Crippen molar-refractivity contribution in [2.45, 2.75) is 5.41 Å². The first-order valence-corrected chi connectivity index (χ1v) is 15.5. The van der Waals surface area contributed by atoms with Gasteiger partial charge in [-0.25, -0.2) is 26.3 Å². The van der Waals surface area contributed by atoms with Gasteiger partial charge in [0.1, 0.15) is 34.9 Å². The summed E-state index contributed by atoms with van der Waals surface area (Å²) >= 11 is 0. The molecular weight excluding hydrogens is 630 g/mol. The minimum Gasteiger partial charge on any atom is -0.207 e. The fourth-order valence-corrected chi connectivity index (χ4v) is 6.59. The molecule has 0 saturated heterocycles. The van der Waals surface area contributed by atoms with Gasteiger partial charge in [-0.2, -0.15) is 0 Å². The summed E-state index contributed by atoms with van der Waals surface area (Å²) in [4.78, 5) is 0. The topological polar surface area (TPSA) is 0 Å². The van der Waals surface area contributed by atoms with Crippen LogP contribution in [-0.2, 0) is 5.41 Å². The summed E-state index contributed by atoms with van der Waals surface area (Å²) < 4.78 is 84.7. The first-order chi connectivity index (χ1) is 23.7. The molecule has 0 radical (unpaired) electrons. The monoisotopic (exact) mass is 656 g/mol. The van der Waals surface area contributed by atoms with Crippen molar-refractivity contribution < 1.29 is 26.3 Å².